The number of aromatic nitrogens is 2. The van der Waals surface area contributed by atoms with Gasteiger partial charge in [0.2, 0.25) is 11.8 Å². The van der Waals surface area contributed by atoms with Crippen molar-refractivity contribution in [1.82, 2.24) is 14.7 Å². The van der Waals surface area contributed by atoms with Crippen LogP contribution < -0.4 is 9.47 Å². The highest BCUT2D eigenvalue weighted by Gasteiger charge is 2.29. The van der Waals surface area contributed by atoms with E-state index in [1.807, 2.05) is 71.1 Å². The van der Waals surface area contributed by atoms with Gasteiger partial charge < -0.3 is 14.4 Å². The number of ether oxygens (including phenoxy) is 2. The summed E-state index contributed by atoms with van der Waals surface area (Å²) in [5, 5.41) is 4.82. The molecule has 0 atom stereocenters. The third kappa shape index (κ3) is 5.05. The van der Waals surface area contributed by atoms with Crippen molar-refractivity contribution in [3.8, 4) is 23.1 Å². The van der Waals surface area contributed by atoms with Crippen molar-refractivity contribution in [2.75, 3.05) is 13.7 Å². The average Bonchev–Trinajstić information content (AvgIpc) is 3.49. The fourth-order valence-electron chi connectivity index (χ4n) is 4.54. The Bertz CT molecular complexity index is 1070. The minimum absolute atomic E-state index is 0.139. The summed E-state index contributed by atoms with van der Waals surface area (Å²) in [6.45, 7) is 5.29. The number of amides is 1. The summed E-state index contributed by atoms with van der Waals surface area (Å²) in [5.41, 5.74) is 2.68. The van der Waals surface area contributed by atoms with E-state index in [2.05, 4.69) is 6.92 Å². The molecule has 1 amide bonds. The number of benzene rings is 2. The van der Waals surface area contributed by atoms with Crippen LogP contribution in [0.3, 0.4) is 0 Å². The van der Waals surface area contributed by atoms with Gasteiger partial charge in [-0.3, -0.25) is 4.79 Å². The van der Waals surface area contributed by atoms with Crippen molar-refractivity contribution in [1.29, 1.82) is 0 Å². The van der Waals surface area contributed by atoms with Gasteiger partial charge in [-0.2, -0.15) is 5.10 Å². The molecule has 1 aromatic heterocycles. The molecule has 1 aliphatic carbocycles. The van der Waals surface area contributed by atoms with Gasteiger partial charge in [0.15, 0.2) is 11.5 Å². The van der Waals surface area contributed by atoms with E-state index in [4.69, 9.17) is 14.6 Å². The monoisotopic (exact) mass is 447 g/mol. The lowest BCUT2D eigenvalue weighted by molar-refractivity contribution is -0.136. The highest BCUT2D eigenvalue weighted by atomic mass is 16.5. The second-order valence-corrected chi connectivity index (χ2v) is 8.61. The van der Waals surface area contributed by atoms with Crippen molar-refractivity contribution >= 4 is 5.91 Å². The first-order valence-electron chi connectivity index (χ1n) is 11.9. The SMILES string of the molecule is CCCN(Cc1c(C)nn(-c2ccccc2)c1Oc1ccccc1OC)C(=O)C1CCCC1. The van der Waals surface area contributed by atoms with Gasteiger partial charge in [0.05, 0.1) is 30.6 Å². The molecule has 1 saturated carbocycles. The molecule has 6 heteroatoms. The number of methoxy groups -OCH3 is 1. The molecule has 1 aliphatic rings. The number of nitrogens with zero attached hydrogens (tertiary/aromatic N) is 3. The summed E-state index contributed by atoms with van der Waals surface area (Å²) in [6.07, 6.45) is 5.18. The zero-order chi connectivity index (χ0) is 23.2. The molecule has 33 heavy (non-hydrogen) atoms. The first-order valence-corrected chi connectivity index (χ1v) is 11.9. The highest BCUT2D eigenvalue weighted by molar-refractivity contribution is 5.79. The summed E-state index contributed by atoms with van der Waals surface area (Å²) in [6, 6.07) is 17.5. The molecule has 0 N–H and O–H groups in total. The van der Waals surface area contributed by atoms with Gasteiger partial charge in [-0.05, 0) is 50.5 Å². The van der Waals surface area contributed by atoms with Crippen molar-refractivity contribution in [3.63, 3.8) is 0 Å². The second kappa shape index (κ2) is 10.6. The number of hydrogen-bond acceptors (Lipinski definition) is 4. The van der Waals surface area contributed by atoms with Crippen LogP contribution in [-0.4, -0.2) is 34.2 Å². The molecule has 0 bridgehead atoms. The molecule has 0 unspecified atom stereocenters. The van der Waals surface area contributed by atoms with E-state index in [-0.39, 0.29) is 11.8 Å². The Morgan fingerprint density at radius 2 is 1.73 bits per heavy atom. The topological polar surface area (TPSA) is 56.6 Å². The van der Waals surface area contributed by atoms with Crippen LogP contribution in [0, 0.1) is 12.8 Å². The van der Waals surface area contributed by atoms with Crippen LogP contribution >= 0.6 is 0 Å². The molecular formula is C27H33N3O3. The Morgan fingerprint density at radius 3 is 2.39 bits per heavy atom. The normalized spacial score (nSPS) is 13.8. The molecule has 2 aromatic carbocycles. The van der Waals surface area contributed by atoms with E-state index < -0.39 is 0 Å². The first-order chi connectivity index (χ1) is 16.1. The predicted molar refractivity (Wildman–Crippen MR) is 129 cm³/mol. The zero-order valence-corrected chi connectivity index (χ0v) is 19.8. The molecule has 3 aromatic rings. The molecule has 1 fully saturated rings. The van der Waals surface area contributed by atoms with E-state index in [1.54, 1.807) is 7.11 Å². The third-order valence-corrected chi connectivity index (χ3v) is 6.27. The van der Waals surface area contributed by atoms with Gasteiger partial charge in [0, 0.05) is 12.5 Å². The molecule has 4 rings (SSSR count). The standard InChI is InChI=1S/C27H33N3O3/c1-4-18-29(26(31)21-12-8-9-13-21)19-23-20(2)28-30(22-14-6-5-7-15-22)27(23)33-25-17-11-10-16-24(25)32-3/h5-7,10-11,14-17,21H,4,8-9,12-13,18-19H2,1-3H3. The second-order valence-electron chi connectivity index (χ2n) is 8.61. The van der Waals surface area contributed by atoms with Crippen LogP contribution in [0.25, 0.3) is 5.69 Å². The summed E-state index contributed by atoms with van der Waals surface area (Å²) in [5.74, 6) is 2.27. The third-order valence-electron chi connectivity index (χ3n) is 6.27. The van der Waals surface area contributed by atoms with Gasteiger partial charge >= 0.3 is 0 Å². The summed E-state index contributed by atoms with van der Waals surface area (Å²) in [7, 11) is 1.63. The maximum atomic E-state index is 13.3. The number of para-hydroxylation sites is 3. The maximum absolute atomic E-state index is 13.3. The molecule has 6 nitrogen and oxygen atoms in total. The number of rotatable bonds is 9. The van der Waals surface area contributed by atoms with E-state index in [0.29, 0.717) is 23.9 Å². The van der Waals surface area contributed by atoms with Crippen LogP contribution in [0.4, 0.5) is 0 Å². The summed E-state index contributed by atoms with van der Waals surface area (Å²) >= 11 is 0. The van der Waals surface area contributed by atoms with Crippen molar-refractivity contribution in [2.45, 2.75) is 52.5 Å². The van der Waals surface area contributed by atoms with Gasteiger partial charge in [0.25, 0.3) is 0 Å². The molecule has 174 valence electrons. The number of aryl methyl sites for hydroxylation is 1. The van der Waals surface area contributed by atoms with Crippen LogP contribution in [0.15, 0.2) is 54.6 Å². The van der Waals surface area contributed by atoms with Crippen molar-refractivity contribution in [3.05, 3.63) is 65.9 Å². The molecule has 0 radical (unpaired) electrons. The Labute approximate surface area is 196 Å². The number of carbonyl (C=O) groups is 1. The molecule has 1 heterocycles. The van der Waals surface area contributed by atoms with E-state index in [9.17, 15) is 4.79 Å². The molecular weight excluding hydrogens is 414 g/mol. The number of carbonyl (C=O) groups excluding carboxylic acids is 1. The van der Waals surface area contributed by atoms with E-state index in [0.717, 1.165) is 55.6 Å². The predicted octanol–water partition coefficient (Wildman–Crippen LogP) is 5.91. The highest BCUT2D eigenvalue weighted by Crippen LogP contribution is 2.36. The van der Waals surface area contributed by atoms with Gasteiger partial charge in [-0.1, -0.05) is 50.1 Å². The summed E-state index contributed by atoms with van der Waals surface area (Å²) < 4.78 is 13.8. The van der Waals surface area contributed by atoms with Crippen LogP contribution in [0.2, 0.25) is 0 Å². The first kappa shape index (κ1) is 22.9. The van der Waals surface area contributed by atoms with E-state index in [1.165, 1.54) is 0 Å². The lowest BCUT2D eigenvalue weighted by Gasteiger charge is -2.25. The Hall–Kier alpha value is -3.28. The lowest BCUT2D eigenvalue weighted by atomic mass is 10.1. The fraction of sp³-hybridized carbons (Fsp3) is 0.407. The minimum Gasteiger partial charge on any atom is -0.493 e. The average molecular weight is 448 g/mol. The van der Waals surface area contributed by atoms with Gasteiger partial charge in [0.1, 0.15) is 0 Å². The molecule has 0 saturated heterocycles. The van der Waals surface area contributed by atoms with E-state index >= 15 is 0 Å². The van der Waals surface area contributed by atoms with Crippen molar-refractivity contribution in [2.24, 2.45) is 5.92 Å². The molecule has 0 aliphatic heterocycles. The maximum Gasteiger partial charge on any atom is 0.228 e. The van der Waals surface area contributed by atoms with Crippen molar-refractivity contribution < 1.29 is 14.3 Å². The lowest BCUT2D eigenvalue weighted by Crippen LogP contribution is -2.35. The Morgan fingerprint density at radius 1 is 1.06 bits per heavy atom. The Balaban J connectivity index is 1.74. The zero-order valence-electron chi connectivity index (χ0n) is 19.8. The van der Waals surface area contributed by atoms with Crippen LogP contribution in [0.1, 0.15) is 50.3 Å². The van der Waals surface area contributed by atoms with Gasteiger partial charge in [-0.15, -0.1) is 0 Å². The largest absolute Gasteiger partial charge is 0.493 e. The smallest absolute Gasteiger partial charge is 0.228 e. The number of hydrogen-bond donors (Lipinski definition) is 0. The fourth-order valence-corrected chi connectivity index (χ4v) is 4.54. The van der Waals surface area contributed by atoms with Gasteiger partial charge in [-0.25, -0.2) is 4.68 Å². The minimum atomic E-state index is 0.139. The molecule has 0 spiro atoms. The van der Waals surface area contributed by atoms with Crippen LogP contribution in [-0.2, 0) is 11.3 Å². The summed E-state index contributed by atoms with van der Waals surface area (Å²) in [4.78, 5) is 15.3. The quantitative estimate of drug-likeness (QED) is 0.409. The van der Waals surface area contributed by atoms with Crippen LogP contribution in [0.5, 0.6) is 17.4 Å². The Kier molecular flexibility index (Phi) is 7.33.